The molecule has 0 aliphatic heterocycles. The Kier molecular flexibility index (Phi) is 5.09. The van der Waals surface area contributed by atoms with Crippen LogP contribution < -0.4 is 10.3 Å². The lowest BCUT2D eigenvalue weighted by atomic mass is 10.2. The maximum Gasteiger partial charge on any atom is 0.337 e. The van der Waals surface area contributed by atoms with E-state index in [0.717, 1.165) is 6.07 Å². The third-order valence-electron chi connectivity index (χ3n) is 2.90. The smallest absolute Gasteiger partial charge is 0.337 e. The molecule has 23 heavy (non-hydrogen) atoms. The van der Waals surface area contributed by atoms with Crippen LogP contribution in [-0.4, -0.2) is 27.4 Å². The number of sulfonamides is 1. The SMILES string of the molecule is COC(=O)c1cccc(S(=O)(=O)NNC(=O)c2ccccc2)c1. The summed E-state index contributed by atoms with van der Waals surface area (Å²) in [6.45, 7) is 0. The number of ether oxygens (including phenoxy) is 1. The lowest BCUT2D eigenvalue weighted by Gasteiger charge is -2.09. The van der Waals surface area contributed by atoms with Crippen molar-refractivity contribution in [2.24, 2.45) is 0 Å². The van der Waals surface area contributed by atoms with Crippen LogP contribution in [-0.2, 0) is 14.8 Å². The molecule has 8 heteroatoms. The number of benzene rings is 2. The average Bonchev–Trinajstić information content (AvgIpc) is 2.60. The van der Waals surface area contributed by atoms with E-state index in [2.05, 4.69) is 10.2 Å². The number of hydrogen-bond donors (Lipinski definition) is 2. The van der Waals surface area contributed by atoms with Crippen LogP contribution in [0.15, 0.2) is 59.5 Å². The fraction of sp³-hybridized carbons (Fsp3) is 0.0667. The zero-order valence-electron chi connectivity index (χ0n) is 12.1. The van der Waals surface area contributed by atoms with Gasteiger partial charge in [-0.1, -0.05) is 24.3 Å². The number of rotatable bonds is 5. The molecule has 2 N–H and O–H groups in total. The van der Waals surface area contributed by atoms with Gasteiger partial charge in [-0.05, 0) is 30.3 Å². The molecule has 0 unspecified atom stereocenters. The Morgan fingerprint density at radius 2 is 1.61 bits per heavy atom. The number of carbonyl (C=O) groups is 2. The van der Waals surface area contributed by atoms with Crippen molar-refractivity contribution in [2.75, 3.05) is 7.11 Å². The number of amides is 1. The maximum absolute atomic E-state index is 12.2. The molecular weight excluding hydrogens is 320 g/mol. The summed E-state index contributed by atoms with van der Waals surface area (Å²) in [4.78, 5) is 25.1. The Bertz CT molecular complexity index is 819. The van der Waals surface area contributed by atoms with E-state index in [1.807, 2.05) is 4.83 Å². The van der Waals surface area contributed by atoms with Crippen LogP contribution in [0.5, 0.6) is 0 Å². The predicted molar refractivity (Wildman–Crippen MR) is 82.0 cm³/mol. The number of hydrogen-bond acceptors (Lipinski definition) is 5. The van der Waals surface area contributed by atoms with Crippen molar-refractivity contribution in [3.8, 4) is 0 Å². The van der Waals surface area contributed by atoms with Crippen LogP contribution in [0.25, 0.3) is 0 Å². The van der Waals surface area contributed by atoms with E-state index >= 15 is 0 Å². The summed E-state index contributed by atoms with van der Waals surface area (Å²) in [6.07, 6.45) is 0. The standard InChI is InChI=1S/C15H14N2O5S/c1-22-15(19)12-8-5-9-13(10-12)23(20,21)17-16-14(18)11-6-3-2-4-7-11/h2-10,17H,1H3,(H,16,18). The lowest BCUT2D eigenvalue weighted by molar-refractivity contribution is 0.0600. The van der Waals surface area contributed by atoms with Crippen LogP contribution in [0.4, 0.5) is 0 Å². The molecule has 0 saturated heterocycles. The van der Waals surface area contributed by atoms with E-state index in [1.165, 1.54) is 25.3 Å². The number of methoxy groups -OCH3 is 1. The minimum Gasteiger partial charge on any atom is -0.465 e. The normalized spacial score (nSPS) is 10.8. The second kappa shape index (κ2) is 7.03. The number of nitrogens with one attached hydrogen (secondary N) is 2. The van der Waals surface area contributed by atoms with Gasteiger partial charge in [0.2, 0.25) is 0 Å². The zero-order chi connectivity index (χ0) is 16.9. The van der Waals surface area contributed by atoms with Gasteiger partial charge in [-0.2, -0.15) is 0 Å². The minimum absolute atomic E-state index is 0.0877. The molecule has 0 aliphatic rings. The Morgan fingerprint density at radius 1 is 0.957 bits per heavy atom. The average molecular weight is 334 g/mol. The van der Waals surface area contributed by atoms with E-state index in [0.29, 0.717) is 5.56 Å². The molecule has 120 valence electrons. The molecule has 0 aliphatic carbocycles. The van der Waals surface area contributed by atoms with Crippen molar-refractivity contribution in [1.82, 2.24) is 10.3 Å². The highest BCUT2D eigenvalue weighted by molar-refractivity contribution is 7.89. The van der Waals surface area contributed by atoms with E-state index in [1.54, 1.807) is 30.3 Å². The summed E-state index contributed by atoms with van der Waals surface area (Å²) in [5.41, 5.74) is 2.50. The Hall–Kier alpha value is -2.71. The van der Waals surface area contributed by atoms with Gasteiger partial charge in [0.15, 0.2) is 0 Å². The van der Waals surface area contributed by atoms with Gasteiger partial charge in [0, 0.05) is 5.56 Å². The summed E-state index contributed by atoms with van der Waals surface area (Å²) in [7, 11) is -2.82. The molecule has 0 saturated carbocycles. The van der Waals surface area contributed by atoms with Gasteiger partial charge in [-0.15, -0.1) is 4.83 Å². The van der Waals surface area contributed by atoms with Crippen molar-refractivity contribution < 1.29 is 22.7 Å². The fourth-order valence-electron chi connectivity index (χ4n) is 1.74. The molecule has 0 heterocycles. The lowest BCUT2D eigenvalue weighted by Crippen LogP contribution is -2.41. The first-order valence-corrected chi connectivity index (χ1v) is 7.98. The van der Waals surface area contributed by atoms with E-state index in [4.69, 9.17) is 0 Å². The van der Waals surface area contributed by atoms with Gasteiger partial charge >= 0.3 is 5.97 Å². The highest BCUT2D eigenvalue weighted by Crippen LogP contribution is 2.12. The molecular formula is C15H14N2O5S. The second-order valence-electron chi connectivity index (χ2n) is 4.45. The summed E-state index contributed by atoms with van der Waals surface area (Å²) in [6, 6.07) is 13.4. The Morgan fingerprint density at radius 3 is 2.26 bits per heavy atom. The van der Waals surface area contributed by atoms with Crippen LogP contribution in [0.1, 0.15) is 20.7 Å². The summed E-state index contributed by atoms with van der Waals surface area (Å²) in [5, 5.41) is 0. The highest BCUT2D eigenvalue weighted by Gasteiger charge is 2.17. The number of esters is 1. The highest BCUT2D eigenvalue weighted by atomic mass is 32.2. The molecule has 0 fully saturated rings. The van der Waals surface area contributed by atoms with Crippen molar-refractivity contribution in [3.63, 3.8) is 0 Å². The molecule has 1 amide bonds. The molecule has 0 bridgehead atoms. The van der Waals surface area contributed by atoms with Crippen LogP contribution in [0, 0.1) is 0 Å². The van der Waals surface area contributed by atoms with E-state index in [-0.39, 0.29) is 10.5 Å². The van der Waals surface area contributed by atoms with Crippen LogP contribution in [0.3, 0.4) is 0 Å². The first-order chi connectivity index (χ1) is 10.9. The van der Waals surface area contributed by atoms with Crippen molar-refractivity contribution >= 4 is 21.9 Å². The van der Waals surface area contributed by atoms with E-state index in [9.17, 15) is 18.0 Å². The molecule has 2 aromatic carbocycles. The first-order valence-electron chi connectivity index (χ1n) is 6.49. The van der Waals surface area contributed by atoms with Crippen molar-refractivity contribution in [1.29, 1.82) is 0 Å². The molecule has 0 aromatic heterocycles. The molecule has 7 nitrogen and oxygen atoms in total. The van der Waals surface area contributed by atoms with Gasteiger partial charge in [-0.25, -0.2) is 13.2 Å². The fourth-order valence-corrected chi connectivity index (χ4v) is 2.63. The summed E-state index contributed by atoms with van der Waals surface area (Å²) in [5.74, 6) is -1.26. The third kappa shape index (κ3) is 4.15. The Labute approximate surface area is 133 Å². The molecule has 0 radical (unpaired) electrons. The van der Waals surface area contributed by atoms with Crippen LogP contribution >= 0.6 is 0 Å². The van der Waals surface area contributed by atoms with Gasteiger partial charge in [-0.3, -0.25) is 10.2 Å². The van der Waals surface area contributed by atoms with Gasteiger partial charge in [0.05, 0.1) is 17.6 Å². The van der Waals surface area contributed by atoms with Crippen molar-refractivity contribution in [3.05, 3.63) is 65.7 Å². The monoisotopic (exact) mass is 334 g/mol. The van der Waals surface area contributed by atoms with Crippen molar-refractivity contribution in [2.45, 2.75) is 4.90 Å². The molecule has 2 aromatic rings. The van der Waals surface area contributed by atoms with Crippen LogP contribution in [0.2, 0.25) is 0 Å². The first kappa shape index (κ1) is 16.7. The van der Waals surface area contributed by atoms with Gasteiger partial charge in [0.25, 0.3) is 15.9 Å². The van der Waals surface area contributed by atoms with E-state index < -0.39 is 21.9 Å². The number of hydrazine groups is 1. The molecule has 0 atom stereocenters. The predicted octanol–water partition coefficient (Wildman–Crippen LogP) is 1.10. The second-order valence-corrected chi connectivity index (χ2v) is 6.13. The molecule has 2 rings (SSSR count). The molecule has 0 spiro atoms. The zero-order valence-corrected chi connectivity index (χ0v) is 13.0. The van der Waals surface area contributed by atoms with Gasteiger partial charge in [0.1, 0.15) is 0 Å². The third-order valence-corrected chi connectivity index (χ3v) is 4.15. The van der Waals surface area contributed by atoms with Gasteiger partial charge < -0.3 is 4.74 Å². The Balaban J connectivity index is 2.13. The quantitative estimate of drug-likeness (QED) is 0.630. The maximum atomic E-state index is 12.2. The minimum atomic E-state index is -4.02. The summed E-state index contributed by atoms with van der Waals surface area (Å²) < 4.78 is 28.8. The summed E-state index contributed by atoms with van der Waals surface area (Å²) >= 11 is 0. The number of carbonyl (C=O) groups excluding carboxylic acids is 2. The largest absolute Gasteiger partial charge is 0.465 e. The topological polar surface area (TPSA) is 102 Å².